The van der Waals surface area contributed by atoms with Gasteiger partial charge in [-0.1, -0.05) is 12.1 Å². The smallest absolute Gasteiger partial charge is 0.363 e. The Morgan fingerprint density at radius 2 is 1.62 bits per heavy atom. The summed E-state index contributed by atoms with van der Waals surface area (Å²) in [6.07, 6.45) is 1.70. The number of aliphatic imine (C=N–C) groups is 1. The average molecular weight is 352 g/mol. The number of nitrogens with zero attached hydrogens (tertiary/aromatic N) is 2. The highest BCUT2D eigenvalue weighted by Crippen LogP contribution is 2.26. The van der Waals surface area contributed by atoms with Crippen molar-refractivity contribution in [2.24, 2.45) is 4.99 Å². The summed E-state index contributed by atoms with van der Waals surface area (Å²) in [5.74, 6) is 0.923. The summed E-state index contributed by atoms with van der Waals surface area (Å²) in [7, 11) is 7.06. The van der Waals surface area contributed by atoms with Gasteiger partial charge in [-0.3, -0.25) is 0 Å². The molecule has 6 heteroatoms. The van der Waals surface area contributed by atoms with Crippen LogP contribution in [0.1, 0.15) is 11.1 Å². The third-order valence-corrected chi connectivity index (χ3v) is 3.93. The van der Waals surface area contributed by atoms with Gasteiger partial charge in [-0.25, -0.2) is 9.79 Å². The minimum atomic E-state index is -0.488. The summed E-state index contributed by atoms with van der Waals surface area (Å²) in [5.41, 5.74) is 2.81. The minimum absolute atomic E-state index is 0.225. The number of cyclic esters (lactones) is 1. The van der Waals surface area contributed by atoms with Gasteiger partial charge >= 0.3 is 5.97 Å². The van der Waals surface area contributed by atoms with Crippen molar-refractivity contribution in [3.05, 3.63) is 59.3 Å². The second-order valence-corrected chi connectivity index (χ2v) is 5.92. The number of methoxy groups -OCH3 is 2. The number of benzene rings is 2. The number of rotatable bonds is 5. The summed E-state index contributed by atoms with van der Waals surface area (Å²) >= 11 is 0. The molecule has 0 amide bonds. The number of carbonyl (C=O) groups is 1. The zero-order valence-corrected chi connectivity index (χ0v) is 15.1. The lowest BCUT2D eigenvalue weighted by Gasteiger charge is -2.11. The van der Waals surface area contributed by atoms with E-state index in [0.29, 0.717) is 17.1 Å². The molecule has 0 aliphatic carbocycles. The van der Waals surface area contributed by atoms with E-state index in [1.165, 1.54) is 0 Å². The van der Waals surface area contributed by atoms with Crippen molar-refractivity contribution in [1.29, 1.82) is 0 Å². The maximum Gasteiger partial charge on any atom is 0.363 e. The van der Waals surface area contributed by atoms with E-state index in [1.807, 2.05) is 43.3 Å². The highest BCUT2D eigenvalue weighted by Gasteiger charge is 2.25. The van der Waals surface area contributed by atoms with Gasteiger partial charge in [0.2, 0.25) is 5.90 Å². The van der Waals surface area contributed by atoms with E-state index >= 15 is 0 Å². The lowest BCUT2D eigenvalue weighted by Crippen LogP contribution is -2.08. The first-order chi connectivity index (χ1) is 12.5. The number of hydrogen-bond donors (Lipinski definition) is 0. The summed E-state index contributed by atoms with van der Waals surface area (Å²) in [4.78, 5) is 18.5. The molecule has 26 heavy (non-hydrogen) atoms. The van der Waals surface area contributed by atoms with Crippen LogP contribution < -0.4 is 14.4 Å². The van der Waals surface area contributed by atoms with Crippen LogP contribution in [0.2, 0.25) is 0 Å². The molecule has 0 saturated carbocycles. The van der Waals surface area contributed by atoms with Crippen molar-refractivity contribution in [1.82, 2.24) is 0 Å². The number of esters is 1. The van der Waals surface area contributed by atoms with Gasteiger partial charge in [0.1, 0.15) is 11.5 Å². The Labute approximate surface area is 152 Å². The highest BCUT2D eigenvalue weighted by atomic mass is 16.6. The molecule has 6 nitrogen and oxygen atoms in total. The van der Waals surface area contributed by atoms with E-state index in [2.05, 4.69) is 4.99 Å². The van der Waals surface area contributed by atoms with E-state index in [1.54, 1.807) is 38.5 Å². The third kappa shape index (κ3) is 3.69. The number of carbonyl (C=O) groups excluding carboxylic acids is 1. The lowest BCUT2D eigenvalue weighted by atomic mass is 10.1. The van der Waals surface area contributed by atoms with Crippen molar-refractivity contribution in [2.75, 3.05) is 33.2 Å². The summed E-state index contributed by atoms with van der Waals surface area (Å²) in [6.45, 7) is 0. The van der Waals surface area contributed by atoms with Crippen molar-refractivity contribution >= 4 is 23.6 Å². The quantitative estimate of drug-likeness (QED) is 0.611. The predicted octanol–water partition coefficient (Wildman–Crippen LogP) is 3.11. The van der Waals surface area contributed by atoms with Crippen molar-refractivity contribution in [2.45, 2.75) is 0 Å². The van der Waals surface area contributed by atoms with Crippen LogP contribution in [0.25, 0.3) is 6.08 Å². The molecule has 0 aromatic heterocycles. The summed E-state index contributed by atoms with van der Waals surface area (Å²) < 4.78 is 15.8. The molecule has 0 saturated heterocycles. The molecule has 0 fully saturated rings. The second-order valence-electron chi connectivity index (χ2n) is 5.92. The molecule has 2 aromatic carbocycles. The molecule has 0 radical (unpaired) electrons. The van der Waals surface area contributed by atoms with E-state index in [9.17, 15) is 4.79 Å². The summed E-state index contributed by atoms with van der Waals surface area (Å²) in [6, 6.07) is 13.0. The Balaban J connectivity index is 1.91. The van der Waals surface area contributed by atoms with Crippen LogP contribution in [0.4, 0.5) is 5.69 Å². The monoisotopic (exact) mass is 352 g/mol. The normalized spacial score (nSPS) is 14.8. The number of ether oxygens (including phenoxy) is 3. The average Bonchev–Trinajstić information content (AvgIpc) is 3.02. The summed E-state index contributed by atoms with van der Waals surface area (Å²) in [5, 5.41) is 0. The van der Waals surface area contributed by atoms with Crippen molar-refractivity contribution in [3.63, 3.8) is 0 Å². The number of hydrogen-bond acceptors (Lipinski definition) is 6. The maximum atomic E-state index is 12.2. The second kappa shape index (κ2) is 7.31. The van der Waals surface area contributed by atoms with Crippen LogP contribution in [-0.4, -0.2) is 40.2 Å². The fourth-order valence-corrected chi connectivity index (χ4v) is 2.49. The topological polar surface area (TPSA) is 60.4 Å². The molecule has 2 aromatic rings. The first-order valence-corrected chi connectivity index (χ1v) is 8.03. The highest BCUT2D eigenvalue weighted by molar-refractivity contribution is 6.13. The predicted molar refractivity (Wildman–Crippen MR) is 101 cm³/mol. The van der Waals surface area contributed by atoms with E-state index in [0.717, 1.165) is 11.3 Å². The first kappa shape index (κ1) is 17.5. The molecule has 0 N–H and O–H groups in total. The Morgan fingerprint density at radius 1 is 1.00 bits per heavy atom. The van der Waals surface area contributed by atoms with Crippen LogP contribution in [-0.2, 0) is 9.53 Å². The fraction of sp³-hybridized carbons (Fsp3) is 0.200. The molecule has 1 heterocycles. The molecule has 0 unspecified atom stereocenters. The number of anilines is 1. The van der Waals surface area contributed by atoms with Gasteiger partial charge in [-0.2, -0.15) is 0 Å². The molecular weight excluding hydrogens is 332 g/mol. The Bertz CT molecular complexity index is 861. The van der Waals surface area contributed by atoms with Crippen molar-refractivity contribution in [3.8, 4) is 11.5 Å². The Hall–Kier alpha value is -3.28. The molecule has 134 valence electrons. The standard InChI is InChI=1S/C20H20N2O4/c1-22(2)15-7-5-13(6-8-15)9-18-20(23)26-19(21-18)14-10-16(24-3)12-17(11-14)25-4/h5-12H,1-4H3/b18-9+. The Kier molecular flexibility index (Phi) is 4.93. The largest absolute Gasteiger partial charge is 0.497 e. The molecule has 1 aliphatic heterocycles. The van der Waals surface area contributed by atoms with Crippen LogP contribution >= 0.6 is 0 Å². The van der Waals surface area contributed by atoms with E-state index < -0.39 is 5.97 Å². The minimum Gasteiger partial charge on any atom is -0.497 e. The zero-order chi connectivity index (χ0) is 18.7. The zero-order valence-electron chi connectivity index (χ0n) is 15.1. The molecule has 0 spiro atoms. The molecule has 0 bridgehead atoms. The van der Waals surface area contributed by atoms with Gasteiger partial charge in [-0.15, -0.1) is 0 Å². The SMILES string of the molecule is COc1cc(OC)cc(C2=N/C(=C/c3ccc(N(C)C)cc3)C(=O)O2)c1. The molecule has 1 aliphatic rings. The van der Waals surface area contributed by atoms with Crippen LogP contribution in [0.3, 0.4) is 0 Å². The van der Waals surface area contributed by atoms with Crippen LogP contribution in [0.5, 0.6) is 11.5 Å². The van der Waals surface area contributed by atoms with E-state index in [-0.39, 0.29) is 11.6 Å². The fourth-order valence-electron chi connectivity index (χ4n) is 2.49. The van der Waals surface area contributed by atoms with Crippen LogP contribution in [0.15, 0.2) is 53.2 Å². The molecule has 3 rings (SSSR count). The Morgan fingerprint density at radius 3 is 2.15 bits per heavy atom. The van der Waals surface area contributed by atoms with Gasteiger partial charge < -0.3 is 19.1 Å². The van der Waals surface area contributed by atoms with Crippen LogP contribution in [0, 0.1) is 0 Å². The maximum absolute atomic E-state index is 12.2. The van der Waals surface area contributed by atoms with Gasteiger partial charge in [0.15, 0.2) is 5.70 Å². The van der Waals surface area contributed by atoms with Gasteiger partial charge in [-0.05, 0) is 35.9 Å². The van der Waals surface area contributed by atoms with E-state index in [4.69, 9.17) is 14.2 Å². The van der Waals surface area contributed by atoms with Gasteiger partial charge in [0.25, 0.3) is 0 Å². The van der Waals surface area contributed by atoms with Gasteiger partial charge in [0, 0.05) is 31.4 Å². The first-order valence-electron chi connectivity index (χ1n) is 8.03. The third-order valence-electron chi connectivity index (χ3n) is 3.93. The molecule has 0 atom stereocenters. The van der Waals surface area contributed by atoms with Gasteiger partial charge in [0.05, 0.1) is 14.2 Å². The van der Waals surface area contributed by atoms with Crippen molar-refractivity contribution < 1.29 is 19.0 Å². The lowest BCUT2D eigenvalue weighted by molar-refractivity contribution is -0.129. The molecular formula is C20H20N2O4.